The van der Waals surface area contributed by atoms with Crippen LogP contribution in [0.3, 0.4) is 0 Å². The predicted molar refractivity (Wildman–Crippen MR) is 136 cm³/mol. The van der Waals surface area contributed by atoms with Gasteiger partial charge in [-0.1, -0.05) is 23.5 Å². The van der Waals surface area contributed by atoms with Gasteiger partial charge in [-0.15, -0.1) is 0 Å². The molecule has 0 spiro atoms. The van der Waals surface area contributed by atoms with E-state index in [0.717, 1.165) is 0 Å². The molecule has 1 aliphatic carbocycles. The topological polar surface area (TPSA) is 68.1 Å². The van der Waals surface area contributed by atoms with Crippen LogP contribution in [0.25, 0.3) is 16.3 Å². The van der Waals surface area contributed by atoms with E-state index in [1.165, 1.54) is 23.5 Å². The summed E-state index contributed by atoms with van der Waals surface area (Å²) in [4.78, 5) is 22.9. The minimum atomic E-state index is -4.25. The van der Waals surface area contributed by atoms with Crippen molar-refractivity contribution in [3.8, 4) is 16.3 Å². The van der Waals surface area contributed by atoms with Crippen LogP contribution in [0.4, 0.5) is 35.7 Å². The smallest absolute Gasteiger partial charge is 0.362 e. The molecule has 1 saturated carbocycles. The minimum Gasteiger partial charge on any atom is -0.362 e. The molecule has 3 aromatic rings. The molecule has 222 valence electrons. The number of hydrogen-bond acceptors (Lipinski definition) is 6. The Morgan fingerprint density at radius 2 is 1.51 bits per heavy atom. The molecule has 0 N–H and O–H groups in total. The fourth-order valence-corrected chi connectivity index (χ4v) is 6.64. The van der Waals surface area contributed by atoms with Crippen molar-refractivity contribution < 1.29 is 40.3 Å². The van der Waals surface area contributed by atoms with Crippen LogP contribution in [-0.2, 0) is 9.59 Å². The maximum absolute atomic E-state index is 13.8. The van der Waals surface area contributed by atoms with Crippen molar-refractivity contribution in [3.05, 3.63) is 47.7 Å². The zero-order valence-corrected chi connectivity index (χ0v) is 22.8. The van der Waals surface area contributed by atoms with Gasteiger partial charge in [-0.3, -0.25) is 0 Å². The van der Waals surface area contributed by atoms with E-state index in [1.54, 1.807) is 29.9 Å². The zero-order valence-electron chi connectivity index (χ0n) is 21.9. The van der Waals surface area contributed by atoms with Gasteiger partial charge in [0, 0.05) is 30.8 Å². The van der Waals surface area contributed by atoms with Crippen LogP contribution in [0.1, 0.15) is 55.8 Å². The summed E-state index contributed by atoms with van der Waals surface area (Å²) in [6.07, 6.45) is -5.96. The number of carbonyl (C=O) groups excluding carboxylic acids is 2. The summed E-state index contributed by atoms with van der Waals surface area (Å²) in [7, 11) is 0. The molecule has 0 radical (unpaired) electrons. The second-order valence-electron chi connectivity index (χ2n) is 10.2. The Balaban J connectivity index is 0.00000124. The van der Waals surface area contributed by atoms with Crippen LogP contribution in [0.2, 0.25) is 0 Å². The highest BCUT2D eigenvalue weighted by Gasteiger charge is 2.44. The molecule has 1 aromatic carbocycles. The van der Waals surface area contributed by atoms with Gasteiger partial charge in [-0.05, 0) is 63.1 Å². The largest absolute Gasteiger partial charge is 0.391 e. The van der Waals surface area contributed by atoms with Crippen LogP contribution in [0.15, 0.2) is 30.5 Å². The molecule has 6 nitrogen and oxygen atoms in total. The number of benzene rings is 1. The highest BCUT2D eigenvalue weighted by molar-refractivity contribution is 7.18. The zero-order chi connectivity index (χ0) is 29.9. The van der Waals surface area contributed by atoms with Crippen LogP contribution in [0.5, 0.6) is 0 Å². The van der Waals surface area contributed by atoms with Gasteiger partial charge >= 0.3 is 18.5 Å². The molecular weight excluding hydrogens is 577 g/mol. The first-order valence-electron chi connectivity index (χ1n) is 13.0. The van der Waals surface area contributed by atoms with Crippen LogP contribution in [0, 0.1) is 24.6 Å². The lowest BCUT2D eigenvalue weighted by Crippen LogP contribution is -2.39. The van der Waals surface area contributed by atoms with Gasteiger partial charge in [-0.2, -0.15) is 41.0 Å². The third kappa shape index (κ3) is 7.16. The number of nitrogens with zero attached hydrogens (tertiary/aromatic N) is 4. The van der Waals surface area contributed by atoms with Crippen LogP contribution in [-0.4, -0.2) is 46.4 Å². The van der Waals surface area contributed by atoms with E-state index in [4.69, 9.17) is 14.6 Å². The Labute approximate surface area is 235 Å². The molecule has 1 saturated heterocycles. The van der Waals surface area contributed by atoms with Gasteiger partial charge in [0.2, 0.25) is 5.13 Å². The van der Waals surface area contributed by atoms with Crippen LogP contribution >= 0.6 is 11.3 Å². The molecule has 14 heteroatoms. The van der Waals surface area contributed by atoms with Gasteiger partial charge in [0.1, 0.15) is 10.8 Å². The molecule has 2 fully saturated rings. The molecular formula is C27H27F7N4O2S. The van der Waals surface area contributed by atoms with Crippen molar-refractivity contribution in [2.45, 2.75) is 63.7 Å². The van der Waals surface area contributed by atoms with E-state index in [-0.39, 0.29) is 56.7 Å². The van der Waals surface area contributed by atoms with Gasteiger partial charge < -0.3 is 4.90 Å². The van der Waals surface area contributed by atoms with E-state index in [2.05, 4.69) is 5.10 Å². The molecule has 0 bridgehead atoms. The molecule has 0 atom stereocenters. The number of anilines is 1. The van der Waals surface area contributed by atoms with E-state index in [0.29, 0.717) is 45.5 Å². The normalized spacial score (nSPS) is 20.3. The minimum absolute atomic E-state index is 0.00120. The number of aromatic nitrogens is 3. The lowest BCUT2D eigenvalue weighted by atomic mass is 9.80. The Bertz CT molecular complexity index is 1310. The summed E-state index contributed by atoms with van der Waals surface area (Å²) in [5.74, 6) is -3.30. The third-order valence-electron chi connectivity index (χ3n) is 7.68. The standard InChI is InChI=1S/C26H27F7N4S.CO2/c1-15-21(17-3-2-4-20(27)13-17)14-37(35-15)24-34-22(16-5-7-18(8-6-16)25(28,29)30)23(38-24)36-11-9-19(10-12-36)26(31,32)33;2-1-3/h2-4,13-14,16,18-19H,5-12H2,1H3;. The van der Waals surface area contributed by atoms with Crippen molar-refractivity contribution in [2.24, 2.45) is 11.8 Å². The summed E-state index contributed by atoms with van der Waals surface area (Å²) in [6, 6.07) is 6.11. The highest BCUT2D eigenvalue weighted by atomic mass is 32.1. The molecule has 1 aliphatic heterocycles. The number of hydrogen-bond donors (Lipinski definition) is 0. The summed E-state index contributed by atoms with van der Waals surface area (Å²) >= 11 is 1.29. The third-order valence-corrected chi connectivity index (χ3v) is 8.80. The fourth-order valence-electron chi connectivity index (χ4n) is 5.50. The molecule has 2 aliphatic rings. The maximum atomic E-state index is 13.8. The molecule has 5 rings (SSSR count). The van der Waals surface area contributed by atoms with Gasteiger partial charge in [0.15, 0.2) is 0 Å². The number of alkyl halides is 6. The van der Waals surface area contributed by atoms with E-state index in [9.17, 15) is 30.7 Å². The fraction of sp³-hybridized carbons (Fsp3) is 0.519. The summed E-state index contributed by atoms with van der Waals surface area (Å²) in [5, 5.41) is 5.73. The molecule has 0 unspecified atom stereocenters. The average Bonchev–Trinajstić information content (AvgIpc) is 3.52. The molecule has 0 amide bonds. The number of halogens is 7. The van der Waals surface area contributed by atoms with Crippen molar-refractivity contribution in [2.75, 3.05) is 18.0 Å². The molecule has 2 aromatic heterocycles. The number of aryl methyl sites for hydroxylation is 1. The first kappa shape index (κ1) is 30.7. The summed E-state index contributed by atoms with van der Waals surface area (Å²) in [5.41, 5.74) is 2.63. The monoisotopic (exact) mass is 604 g/mol. The quantitative estimate of drug-likeness (QED) is 0.289. The molecule has 41 heavy (non-hydrogen) atoms. The van der Waals surface area contributed by atoms with Gasteiger partial charge in [0.25, 0.3) is 0 Å². The summed E-state index contributed by atoms with van der Waals surface area (Å²) in [6.45, 7) is 2.18. The van der Waals surface area contributed by atoms with Gasteiger partial charge in [-0.25, -0.2) is 14.1 Å². The lowest BCUT2D eigenvalue weighted by Gasteiger charge is -2.35. The predicted octanol–water partition coefficient (Wildman–Crippen LogP) is 7.47. The SMILES string of the molecule is Cc1nn(-c2nc(C3CCC(C(F)(F)F)CC3)c(N3CCC(C(F)(F)F)CC3)s2)cc1-c1cccc(F)c1.O=C=O. The first-order valence-corrected chi connectivity index (χ1v) is 13.8. The Kier molecular flexibility index (Phi) is 9.22. The lowest BCUT2D eigenvalue weighted by molar-refractivity contribution is -0.192. The Morgan fingerprint density at radius 3 is 2.07 bits per heavy atom. The number of thiazole rings is 1. The van der Waals surface area contributed by atoms with Crippen molar-refractivity contribution in [3.63, 3.8) is 0 Å². The van der Waals surface area contributed by atoms with Crippen molar-refractivity contribution in [1.82, 2.24) is 14.8 Å². The van der Waals surface area contributed by atoms with Crippen molar-refractivity contribution >= 4 is 22.5 Å². The second kappa shape index (κ2) is 12.3. The molecule has 3 heterocycles. The van der Waals surface area contributed by atoms with E-state index in [1.807, 2.05) is 4.90 Å². The second-order valence-corrected chi connectivity index (χ2v) is 11.2. The van der Waals surface area contributed by atoms with E-state index >= 15 is 0 Å². The number of rotatable bonds is 4. The van der Waals surface area contributed by atoms with Crippen LogP contribution < -0.4 is 4.90 Å². The number of piperidine rings is 1. The Hall–Kier alpha value is -3.25. The van der Waals surface area contributed by atoms with E-state index < -0.39 is 24.2 Å². The van der Waals surface area contributed by atoms with Gasteiger partial charge in [0.05, 0.1) is 23.2 Å². The average molecular weight is 605 g/mol. The highest BCUT2D eigenvalue weighted by Crippen LogP contribution is 2.47. The summed E-state index contributed by atoms with van der Waals surface area (Å²) < 4.78 is 94.9. The maximum Gasteiger partial charge on any atom is 0.391 e. The first-order chi connectivity index (χ1) is 19.3. The Morgan fingerprint density at radius 1 is 0.927 bits per heavy atom. The van der Waals surface area contributed by atoms with Crippen molar-refractivity contribution in [1.29, 1.82) is 0 Å².